The normalized spacial score (nSPS) is 20.4. The predicted octanol–water partition coefficient (Wildman–Crippen LogP) is 2.08. The Kier molecular flexibility index (Phi) is 4.59. The van der Waals surface area contributed by atoms with Crippen molar-refractivity contribution < 1.29 is 9.53 Å². The van der Waals surface area contributed by atoms with E-state index in [2.05, 4.69) is 10.2 Å². The van der Waals surface area contributed by atoms with Crippen LogP contribution in [0, 0.1) is 0 Å². The van der Waals surface area contributed by atoms with E-state index in [0.717, 1.165) is 25.1 Å². The highest BCUT2D eigenvalue weighted by Crippen LogP contribution is 2.19. The van der Waals surface area contributed by atoms with Gasteiger partial charge in [0.15, 0.2) is 0 Å². The third-order valence-electron chi connectivity index (χ3n) is 3.28. The third-order valence-corrected chi connectivity index (χ3v) is 3.28. The number of carbonyl (C=O) groups is 1. The Balaban J connectivity index is 1.97. The first kappa shape index (κ1) is 12.9. The molecule has 1 N–H and O–H groups in total. The van der Waals surface area contributed by atoms with E-state index >= 15 is 0 Å². The van der Waals surface area contributed by atoms with Crippen molar-refractivity contribution in [1.29, 1.82) is 0 Å². The minimum Gasteiger partial charge on any atom is -0.468 e. The molecule has 1 aromatic rings. The number of nitrogens with zero attached hydrogens (tertiary/aromatic N) is 1. The summed E-state index contributed by atoms with van der Waals surface area (Å²) in [6, 6.07) is 10.1. The highest BCUT2D eigenvalue weighted by Gasteiger charge is 2.24. The summed E-state index contributed by atoms with van der Waals surface area (Å²) in [6.07, 6.45) is 3.62. The van der Waals surface area contributed by atoms with Crippen molar-refractivity contribution in [2.24, 2.45) is 0 Å². The van der Waals surface area contributed by atoms with Crippen LogP contribution in [-0.4, -0.2) is 37.2 Å². The van der Waals surface area contributed by atoms with Crippen molar-refractivity contribution in [2.45, 2.75) is 25.4 Å². The number of carbonyl (C=O) groups excluding carboxylic acids is 1. The number of para-hydroxylation sites is 1. The average molecular weight is 248 g/mol. The Bertz CT molecular complexity index is 381. The Morgan fingerprint density at radius 2 is 2.17 bits per heavy atom. The number of rotatable bonds is 4. The number of hydrogen-bond donors (Lipinski definition) is 1. The Hall–Kier alpha value is -1.55. The first-order valence-electron chi connectivity index (χ1n) is 6.42. The molecule has 4 heteroatoms. The van der Waals surface area contributed by atoms with Crippen LogP contribution in [-0.2, 0) is 9.53 Å². The molecule has 1 aliphatic rings. The molecule has 1 aliphatic heterocycles. The van der Waals surface area contributed by atoms with E-state index in [1.54, 1.807) is 0 Å². The summed E-state index contributed by atoms with van der Waals surface area (Å²) in [5.74, 6) is -0.170. The molecule has 0 bridgehead atoms. The molecule has 1 heterocycles. The highest BCUT2D eigenvalue weighted by atomic mass is 16.5. The van der Waals surface area contributed by atoms with Crippen molar-refractivity contribution >= 4 is 11.7 Å². The van der Waals surface area contributed by atoms with Crippen LogP contribution in [0.1, 0.15) is 19.3 Å². The topological polar surface area (TPSA) is 41.6 Å². The zero-order valence-electron chi connectivity index (χ0n) is 10.8. The number of esters is 1. The lowest BCUT2D eigenvalue weighted by molar-refractivity contribution is -0.142. The van der Waals surface area contributed by atoms with E-state index in [4.69, 9.17) is 4.74 Å². The monoisotopic (exact) mass is 248 g/mol. The van der Waals surface area contributed by atoms with Gasteiger partial charge in [0, 0.05) is 12.2 Å². The molecule has 1 aromatic carbocycles. The van der Waals surface area contributed by atoms with Crippen LogP contribution in [0.5, 0.6) is 0 Å². The van der Waals surface area contributed by atoms with Gasteiger partial charge in [0.05, 0.1) is 19.8 Å². The maximum atomic E-state index is 11.4. The van der Waals surface area contributed by atoms with E-state index in [-0.39, 0.29) is 12.1 Å². The molecule has 0 radical (unpaired) electrons. The number of likely N-dealkylation sites (tertiary alicyclic amines) is 1. The minimum atomic E-state index is -0.170. The fourth-order valence-electron chi connectivity index (χ4n) is 2.30. The smallest absolute Gasteiger partial charge is 0.319 e. The molecule has 1 atom stereocenters. The van der Waals surface area contributed by atoms with Gasteiger partial charge in [-0.2, -0.15) is 0 Å². The average Bonchev–Trinajstić information content (AvgIpc) is 2.42. The first-order valence-corrected chi connectivity index (χ1v) is 6.42. The van der Waals surface area contributed by atoms with Crippen molar-refractivity contribution in [3.05, 3.63) is 30.3 Å². The molecule has 2 rings (SSSR count). The molecule has 0 saturated carbocycles. The van der Waals surface area contributed by atoms with Gasteiger partial charge in [-0.3, -0.25) is 9.69 Å². The zero-order valence-corrected chi connectivity index (χ0v) is 10.8. The van der Waals surface area contributed by atoms with Gasteiger partial charge < -0.3 is 10.1 Å². The summed E-state index contributed by atoms with van der Waals surface area (Å²) < 4.78 is 4.74. The van der Waals surface area contributed by atoms with Gasteiger partial charge in [0.1, 0.15) is 0 Å². The predicted molar refractivity (Wildman–Crippen MR) is 71.3 cm³/mol. The molecule has 0 aromatic heterocycles. The lowest BCUT2D eigenvalue weighted by atomic mass is 10.1. The summed E-state index contributed by atoms with van der Waals surface area (Å²) in [4.78, 5) is 13.5. The van der Waals surface area contributed by atoms with Crippen LogP contribution < -0.4 is 5.32 Å². The number of nitrogens with one attached hydrogen (secondary N) is 1. The standard InChI is InChI=1S/C14H20N2O2/c1-18-14(17)11-16-10-6-5-9-13(16)15-12-7-3-2-4-8-12/h2-4,7-8,13,15H,5-6,9-11H2,1H3/t13-/m0/s1. The van der Waals surface area contributed by atoms with E-state index in [9.17, 15) is 4.79 Å². The van der Waals surface area contributed by atoms with Crippen LogP contribution in [0.2, 0.25) is 0 Å². The third kappa shape index (κ3) is 3.47. The van der Waals surface area contributed by atoms with Crippen molar-refractivity contribution in [3.63, 3.8) is 0 Å². The summed E-state index contributed by atoms with van der Waals surface area (Å²) in [5.41, 5.74) is 1.10. The fraction of sp³-hybridized carbons (Fsp3) is 0.500. The van der Waals surface area contributed by atoms with Crippen LogP contribution in [0.15, 0.2) is 30.3 Å². The lowest BCUT2D eigenvalue weighted by Crippen LogP contribution is -2.46. The lowest BCUT2D eigenvalue weighted by Gasteiger charge is -2.35. The number of anilines is 1. The van der Waals surface area contributed by atoms with Gasteiger partial charge >= 0.3 is 5.97 Å². The summed E-state index contributed by atoms with van der Waals surface area (Å²) in [6.45, 7) is 1.31. The number of methoxy groups -OCH3 is 1. The van der Waals surface area contributed by atoms with Gasteiger partial charge in [0.2, 0.25) is 0 Å². The second-order valence-corrected chi connectivity index (χ2v) is 4.57. The van der Waals surface area contributed by atoms with Gasteiger partial charge in [-0.1, -0.05) is 18.2 Å². The molecule has 1 fully saturated rings. The summed E-state index contributed by atoms with van der Waals surface area (Å²) in [5, 5.41) is 3.48. The SMILES string of the molecule is COC(=O)CN1CCCC[C@H]1Nc1ccccc1. The number of benzene rings is 1. The second-order valence-electron chi connectivity index (χ2n) is 4.57. The first-order chi connectivity index (χ1) is 8.79. The molecule has 0 unspecified atom stereocenters. The second kappa shape index (κ2) is 6.40. The molecule has 0 aliphatic carbocycles. The Morgan fingerprint density at radius 1 is 1.39 bits per heavy atom. The van der Waals surface area contributed by atoms with E-state index in [1.165, 1.54) is 13.5 Å². The van der Waals surface area contributed by atoms with Crippen molar-refractivity contribution in [1.82, 2.24) is 4.90 Å². The molecule has 4 nitrogen and oxygen atoms in total. The summed E-state index contributed by atoms with van der Waals surface area (Å²) in [7, 11) is 1.44. The molecule has 0 spiro atoms. The van der Waals surface area contributed by atoms with Crippen LogP contribution >= 0.6 is 0 Å². The molecule has 98 valence electrons. The highest BCUT2D eigenvalue weighted by molar-refractivity contribution is 5.71. The zero-order chi connectivity index (χ0) is 12.8. The minimum absolute atomic E-state index is 0.170. The van der Waals surface area contributed by atoms with Gasteiger partial charge in [-0.15, -0.1) is 0 Å². The van der Waals surface area contributed by atoms with E-state index < -0.39 is 0 Å². The van der Waals surface area contributed by atoms with Crippen LogP contribution in [0.3, 0.4) is 0 Å². The summed E-state index contributed by atoms with van der Waals surface area (Å²) >= 11 is 0. The van der Waals surface area contributed by atoms with E-state index in [0.29, 0.717) is 6.54 Å². The fourth-order valence-corrected chi connectivity index (χ4v) is 2.30. The molecule has 0 amide bonds. The van der Waals surface area contributed by atoms with Crippen molar-refractivity contribution in [3.8, 4) is 0 Å². The van der Waals surface area contributed by atoms with Crippen molar-refractivity contribution in [2.75, 3.05) is 25.5 Å². The molecule has 18 heavy (non-hydrogen) atoms. The van der Waals surface area contributed by atoms with E-state index in [1.807, 2.05) is 30.3 Å². The molecule has 1 saturated heterocycles. The number of piperidine rings is 1. The quantitative estimate of drug-likeness (QED) is 0.828. The maximum Gasteiger partial charge on any atom is 0.319 e. The number of hydrogen-bond acceptors (Lipinski definition) is 4. The van der Waals surface area contributed by atoms with Gasteiger partial charge in [-0.05, 0) is 31.4 Å². The molecular formula is C14H20N2O2. The Labute approximate surface area is 108 Å². The van der Waals surface area contributed by atoms with Gasteiger partial charge in [0.25, 0.3) is 0 Å². The molecular weight excluding hydrogens is 228 g/mol. The van der Waals surface area contributed by atoms with Crippen LogP contribution in [0.4, 0.5) is 5.69 Å². The Morgan fingerprint density at radius 3 is 2.89 bits per heavy atom. The van der Waals surface area contributed by atoms with Gasteiger partial charge in [-0.25, -0.2) is 0 Å². The number of ether oxygens (including phenoxy) is 1. The maximum absolute atomic E-state index is 11.4. The largest absolute Gasteiger partial charge is 0.468 e. The van der Waals surface area contributed by atoms with Crippen LogP contribution in [0.25, 0.3) is 0 Å².